The summed E-state index contributed by atoms with van der Waals surface area (Å²) >= 11 is 1.28. The molecule has 0 saturated carbocycles. The second-order valence-electron chi connectivity index (χ2n) is 2.99. The van der Waals surface area contributed by atoms with E-state index in [0.29, 0.717) is 0 Å². The first-order valence-corrected chi connectivity index (χ1v) is 5.53. The Morgan fingerprint density at radius 2 is 1.93 bits per heavy atom. The van der Waals surface area contributed by atoms with Gasteiger partial charge in [0.15, 0.2) is 5.76 Å². The molecule has 0 fully saturated rings. The summed E-state index contributed by atoms with van der Waals surface area (Å²) in [6, 6.07) is 8.27. The number of hydrogen-bond donors (Lipinski definition) is 1. The molecular weight excluding hydrogens is 196 g/mol. The number of hydrogen-bond acceptors (Lipinski definition) is 2. The van der Waals surface area contributed by atoms with Crippen LogP contribution in [0.2, 0.25) is 0 Å². The van der Waals surface area contributed by atoms with Crippen LogP contribution in [0.1, 0.15) is 5.56 Å². The van der Waals surface area contributed by atoms with Gasteiger partial charge in [-0.25, -0.2) is 0 Å². The third-order valence-electron chi connectivity index (χ3n) is 2.25. The van der Waals surface area contributed by atoms with Crippen LogP contribution in [-0.4, -0.2) is 20.0 Å². The molecule has 0 aliphatic carbocycles. The molecule has 75 valence electrons. The summed E-state index contributed by atoms with van der Waals surface area (Å²) in [7, 11) is 3.38. The molecule has 0 unspecified atom stereocenters. The van der Waals surface area contributed by atoms with E-state index in [1.54, 1.807) is 14.2 Å². The molecule has 14 heavy (non-hydrogen) atoms. The van der Waals surface area contributed by atoms with Crippen LogP contribution >= 0.6 is 11.8 Å². The fourth-order valence-electron chi connectivity index (χ4n) is 1.56. The van der Waals surface area contributed by atoms with E-state index >= 15 is 0 Å². The van der Waals surface area contributed by atoms with E-state index in [9.17, 15) is 0 Å². The average Bonchev–Trinajstić information content (AvgIpc) is 2.27. The lowest BCUT2D eigenvalue weighted by Crippen LogP contribution is -2.05. The minimum absolute atomic E-state index is 0.877. The number of fused-ring (bicyclic) bond motifs is 1. The molecule has 1 radical (unpaired) electrons. The van der Waals surface area contributed by atoms with Gasteiger partial charge >= 0.3 is 0 Å². The molecule has 0 bridgehead atoms. The second-order valence-corrected chi connectivity index (χ2v) is 4.11. The van der Waals surface area contributed by atoms with Crippen molar-refractivity contribution in [3.8, 4) is 0 Å². The van der Waals surface area contributed by atoms with Crippen molar-refractivity contribution >= 4 is 17.5 Å². The van der Waals surface area contributed by atoms with Crippen molar-refractivity contribution in [2.75, 3.05) is 20.0 Å². The Morgan fingerprint density at radius 3 is 2.64 bits per heavy atom. The van der Waals surface area contributed by atoms with Gasteiger partial charge in [0.05, 0.1) is 14.2 Å². The summed E-state index contributed by atoms with van der Waals surface area (Å²) in [4.78, 5) is 1.31. The predicted molar refractivity (Wildman–Crippen MR) is 59.5 cm³/mol. The third kappa shape index (κ3) is 1.48. The Kier molecular flexibility index (Phi) is 2.68. The minimum atomic E-state index is 0.877. The fourth-order valence-corrected chi connectivity index (χ4v) is 2.69. The standard InChI is InChI=1S/C11H13O2S/c1-12-9-7-14-10-6-4-3-5-8(10)11(9)13-2/h3-6,14H,7H2,1-2H3. The number of ether oxygens (including phenoxy) is 2. The van der Waals surface area contributed by atoms with Crippen LogP contribution in [0.15, 0.2) is 34.9 Å². The monoisotopic (exact) mass is 209 g/mol. The van der Waals surface area contributed by atoms with Crippen LogP contribution in [0.3, 0.4) is 0 Å². The van der Waals surface area contributed by atoms with Crippen molar-refractivity contribution in [1.82, 2.24) is 0 Å². The topological polar surface area (TPSA) is 18.5 Å². The van der Waals surface area contributed by atoms with E-state index in [2.05, 4.69) is 18.2 Å². The molecule has 0 spiro atoms. The van der Waals surface area contributed by atoms with Crippen LogP contribution in [-0.2, 0) is 9.47 Å². The molecule has 0 atom stereocenters. The predicted octanol–water partition coefficient (Wildman–Crippen LogP) is 2.49. The van der Waals surface area contributed by atoms with Gasteiger partial charge in [-0.05, 0) is 6.07 Å². The van der Waals surface area contributed by atoms with Crippen molar-refractivity contribution in [3.05, 3.63) is 35.6 Å². The van der Waals surface area contributed by atoms with Gasteiger partial charge in [0, 0.05) is 16.2 Å². The van der Waals surface area contributed by atoms with Crippen molar-refractivity contribution < 1.29 is 9.47 Å². The quantitative estimate of drug-likeness (QED) is 0.754. The van der Waals surface area contributed by atoms with E-state index in [1.807, 2.05) is 6.07 Å². The molecule has 2 rings (SSSR count). The summed E-state index contributed by atoms with van der Waals surface area (Å²) < 4.78 is 10.7. The summed E-state index contributed by atoms with van der Waals surface area (Å²) in [5.74, 6) is 2.71. The first kappa shape index (κ1) is 9.46. The average molecular weight is 209 g/mol. The normalized spacial score (nSPS) is 15.0. The smallest absolute Gasteiger partial charge is 0.165 e. The molecular formula is C11H13O2S. The van der Waals surface area contributed by atoms with E-state index in [1.165, 1.54) is 16.7 Å². The van der Waals surface area contributed by atoms with Crippen LogP contribution in [0.5, 0.6) is 0 Å². The van der Waals surface area contributed by atoms with Crippen molar-refractivity contribution in [3.63, 3.8) is 0 Å². The third-order valence-corrected chi connectivity index (χ3v) is 3.42. The molecule has 0 N–H and O–H groups in total. The van der Waals surface area contributed by atoms with Crippen LogP contribution in [0, 0.1) is 0 Å². The highest BCUT2D eigenvalue weighted by atomic mass is 32.2. The molecule has 1 aromatic rings. The van der Waals surface area contributed by atoms with Gasteiger partial charge in [-0.15, -0.1) is 0 Å². The van der Waals surface area contributed by atoms with Crippen molar-refractivity contribution in [2.24, 2.45) is 0 Å². The Labute approximate surface area is 87.9 Å². The van der Waals surface area contributed by atoms with E-state index in [-0.39, 0.29) is 0 Å². The minimum Gasteiger partial charge on any atom is -0.496 e. The highest BCUT2D eigenvalue weighted by Crippen LogP contribution is 2.37. The van der Waals surface area contributed by atoms with E-state index in [4.69, 9.17) is 9.47 Å². The van der Waals surface area contributed by atoms with Gasteiger partial charge < -0.3 is 9.47 Å². The molecule has 2 nitrogen and oxygen atoms in total. The number of methoxy groups -OCH3 is 2. The first-order chi connectivity index (χ1) is 6.86. The van der Waals surface area contributed by atoms with Crippen LogP contribution in [0.4, 0.5) is 0 Å². The van der Waals surface area contributed by atoms with E-state index < -0.39 is 0 Å². The zero-order valence-electron chi connectivity index (χ0n) is 8.28. The highest BCUT2D eigenvalue weighted by Gasteiger charge is 2.19. The largest absolute Gasteiger partial charge is 0.496 e. The van der Waals surface area contributed by atoms with Gasteiger partial charge in [0.1, 0.15) is 5.76 Å². The maximum atomic E-state index is 5.37. The Balaban J connectivity index is 2.52. The van der Waals surface area contributed by atoms with E-state index in [0.717, 1.165) is 22.8 Å². The summed E-state index contributed by atoms with van der Waals surface area (Å²) in [6.45, 7) is 0. The lowest BCUT2D eigenvalue weighted by molar-refractivity contribution is 0.268. The molecule has 1 aromatic carbocycles. The summed E-state index contributed by atoms with van der Waals surface area (Å²) in [5.41, 5.74) is 1.15. The van der Waals surface area contributed by atoms with Gasteiger partial charge in [0.25, 0.3) is 0 Å². The maximum absolute atomic E-state index is 5.37. The molecule has 1 aliphatic rings. The summed E-state index contributed by atoms with van der Waals surface area (Å²) in [5, 5.41) is 0. The number of rotatable bonds is 2. The molecule has 1 heterocycles. The van der Waals surface area contributed by atoms with Crippen LogP contribution in [0.25, 0.3) is 5.76 Å². The molecule has 1 aliphatic heterocycles. The second kappa shape index (κ2) is 3.96. The number of benzene rings is 1. The molecule has 0 amide bonds. The van der Waals surface area contributed by atoms with Crippen LogP contribution < -0.4 is 0 Å². The SMILES string of the molecule is COC1=C(OC)c2ccccc2[SH]C1. The lowest BCUT2D eigenvalue weighted by Gasteiger charge is -2.21. The van der Waals surface area contributed by atoms with Gasteiger partial charge in [-0.3, -0.25) is 0 Å². The highest BCUT2D eigenvalue weighted by molar-refractivity contribution is 7.99. The zero-order chi connectivity index (χ0) is 9.97. The number of thiol groups is 1. The van der Waals surface area contributed by atoms with Gasteiger partial charge in [-0.2, -0.15) is 11.8 Å². The maximum Gasteiger partial charge on any atom is 0.165 e. The zero-order valence-corrected chi connectivity index (χ0v) is 9.17. The Hall–Kier alpha value is -1.09. The van der Waals surface area contributed by atoms with Crippen molar-refractivity contribution in [2.45, 2.75) is 4.90 Å². The fraction of sp³-hybridized carbons (Fsp3) is 0.273. The Bertz CT molecular complexity index is 371. The van der Waals surface area contributed by atoms with Gasteiger partial charge in [0.2, 0.25) is 0 Å². The summed E-state index contributed by atoms with van der Waals surface area (Å²) in [6.07, 6.45) is 0. The molecule has 3 heteroatoms. The first-order valence-electron chi connectivity index (χ1n) is 4.45. The molecule has 0 aromatic heterocycles. The lowest BCUT2D eigenvalue weighted by atomic mass is 10.1. The van der Waals surface area contributed by atoms with Crippen molar-refractivity contribution in [1.29, 1.82) is 0 Å². The molecule has 0 saturated heterocycles. The Morgan fingerprint density at radius 1 is 1.14 bits per heavy atom. The van der Waals surface area contributed by atoms with Gasteiger partial charge in [-0.1, -0.05) is 18.2 Å².